The summed E-state index contributed by atoms with van der Waals surface area (Å²) in [7, 11) is 8.08. The second-order valence-electron chi connectivity index (χ2n) is 7.85. The molecule has 150 valence electrons. The van der Waals surface area contributed by atoms with Gasteiger partial charge in [-0.3, -0.25) is 4.79 Å². The van der Waals surface area contributed by atoms with Gasteiger partial charge in [-0.1, -0.05) is 30.3 Å². The maximum absolute atomic E-state index is 13.0. The first-order chi connectivity index (χ1) is 13.5. The Labute approximate surface area is 168 Å². The highest BCUT2D eigenvalue weighted by Crippen LogP contribution is 2.30. The molecule has 0 aliphatic carbocycles. The van der Waals surface area contributed by atoms with Crippen molar-refractivity contribution in [1.29, 1.82) is 0 Å². The van der Waals surface area contributed by atoms with Gasteiger partial charge in [-0.25, -0.2) is 0 Å². The highest BCUT2D eigenvalue weighted by molar-refractivity contribution is 5.95. The van der Waals surface area contributed by atoms with Crippen LogP contribution in [0.15, 0.2) is 48.5 Å². The van der Waals surface area contributed by atoms with Crippen molar-refractivity contribution in [1.82, 2.24) is 14.7 Å². The Morgan fingerprint density at radius 3 is 2.64 bits per heavy atom. The number of amides is 1. The number of ether oxygens (including phenoxy) is 1. The quantitative estimate of drug-likeness (QED) is 0.739. The summed E-state index contributed by atoms with van der Waals surface area (Å²) in [6, 6.07) is 16.2. The number of hydrogen-bond donors (Lipinski definition) is 0. The molecule has 0 bridgehead atoms. The molecule has 0 radical (unpaired) electrons. The van der Waals surface area contributed by atoms with Crippen LogP contribution in [-0.2, 0) is 0 Å². The van der Waals surface area contributed by atoms with Crippen molar-refractivity contribution in [3.63, 3.8) is 0 Å². The number of carbonyl (C=O) groups is 1. The molecule has 0 saturated carbocycles. The fraction of sp³-hybridized carbons (Fsp3) is 0.435. The molecule has 5 heteroatoms. The zero-order valence-electron chi connectivity index (χ0n) is 17.4. The van der Waals surface area contributed by atoms with E-state index in [1.54, 1.807) is 0 Å². The molecule has 2 aromatic carbocycles. The van der Waals surface area contributed by atoms with Crippen LogP contribution in [0.25, 0.3) is 11.1 Å². The highest BCUT2D eigenvalue weighted by atomic mass is 16.5. The fourth-order valence-corrected chi connectivity index (χ4v) is 3.59. The minimum Gasteiger partial charge on any atom is -0.492 e. The van der Waals surface area contributed by atoms with Crippen molar-refractivity contribution in [3.05, 3.63) is 54.1 Å². The van der Waals surface area contributed by atoms with Crippen LogP contribution in [0.3, 0.4) is 0 Å². The van der Waals surface area contributed by atoms with E-state index in [-0.39, 0.29) is 11.9 Å². The molecule has 28 heavy (non-hydrogen) atoms. The van der Waals surface area contributed by atoms with Crippen LogP contribution >= 0.6 is 0 Å². The Balaban J connectivity index is 1.79. The third-order valence-electron chi connectivity index (χ3n) is 5.34. The molecule has 1 saturated heterocycles. The molecule has 0 unspecified atom stereocenters. The third kappa shape index (κ3) is 4.91. The lowest BCUT2D eigenvalue weighted by molar-refractivity contribution is 0.0737. The Hall–Kier alpha value is -2.37. The molecule has 1 heterocycles. The number of likely N-dealkylation sites (tertiary alicyclic amines) is 1. The zero-order valence-corrected chi connectivity index (χ0v) is 17.4. The van der Waals surface area contributed by atoms with Crippen LogP contribution in [0.4, 0.5) is 0 Å². The van der Waals surface area contributed by atoms with Crippen molar-refractivity contribution in [2.75, 3.05) is 54.4 Å². The summed E-state index contributed by atoms with van der Waals surface area (Å²) in [6.07, 6.45) is 1.03. The van der Waals surface area contributed by atoms with Gasteiger partial charge in [-0.15, -0.1) is 0 Å². The summed E-state index contributed by atoms with van der Waals surface area (Å²) in [5.41, 5.74) is 2.74. The molecule has 5 nitrogen and oxygen atoms in total. The van der Waals surface area contributed by atoms with Crippen molar-refractivity contribution >= 4 is 5.91 Å². The Morgan fingerprint density at radius 1 is 1.14 bits per heavy atom. The predicted octanol–water partition coefficient (Wildman–Crippen LogP) is 3.07. The standard InChI is InChI=1S/C23H31N3O2/c1-24(2)14-15-28-22-11-6-5-10-21(22)18-8-7-9-19(16-18)23(27)26(4)20-12-13-25(3)17-20/h5-11,16,20H,12-15,17H2,1-4H3/t20-/m1/s1. The number of hydrogen-bond acceptors (Lipinski definition) is 4. The van der Waals surface area contributed by atoms with E-state index in [0.717, 1.165) is 48.5 Å². The Bertz CT molecular complexity index is 806. The second-order valence-corrected chi connectivity index (χ2v) is 7.85. The normalized spacial score (nSPS) is 17.1. The van der Waals surface area contributed by atoms with Crippen molar-refractivity contribution in [2.45, 2.75) is 12.5 Å². The molecule has 1 aliphatic rings. The van der Waals surface area contributed by atoms with E-state index in [1.165, 1.54) is 0 Å². The molecule has 1 aliphatic heterocycles. The largest absolute Gasteiger partial charge is 0.492 e. The number of rotatable bonds is 7. The van der Waals surface area contributed by atoms with Crippen LogP contribution in [0, 0.1) is 0 Å². The van der Waals surface area contributed by atoms with Gasteiger partial charge in [0.25, 0.3) is 5.91 Å². The Morgan fingerprint density at radius 2 is 1.93 bits per heavy atom. The van der Waals surface area contributed by atoms with Crippen molar-refractivity contribution in [2.24, 2.45) is 0 Å². The predicted molar refractivity (Wildman–Crippen MR) is 114 cm³/mol. The van der Waals surface area contributed by atoms with Crippen LogP contribution in [0.1, 0.15) is 16.8 Å². The van der Waals surface area contributed by atoms with Crippen LogP contribution < -0.4 is 4.74 Å². The molecule has 3 rings (SSSR count). The van der Waals surface area contributed by atoms with Gasteiger partial charge in [0.15, 0.2) is 0 Å². The number of likely N-dealkylation sites (N-methyl/N-ethyl adjacent to an activating group) is 3. The number of carbonyl (C=O) groups excluding carboxylic acids is 1. The number of nitrogens with zero attached hydrogens (tertiary/aromatic N) is 3. The summed E-state index contributed by atoms with van der Waals surface area (Å²) >= 11 is 0. The van der Waals surface area contributed by atoms with E-state index in [0.29, 0.717) is 6.61 Å². The molecule has 1 amide bonds. The average Bonchev–Trinajstić information content (AvgIpc) is 3.13. The average molecular weight is 382 g/mol. The fourth-order valence-electron chi connectivity index (χ4n) is 3.59. The van der Waals surface area contributed by atoms with E-state index in [2.05, 4.69) is 16.8 Å². The SMILES string of the molecule is CN(C)CCOc1ccccc1-c1cccc(C(=O)N(C)[C@@H]2CCN(C)C2)c1. The molecule has 0 N–H and O–H groups in total. The van der Waals surface area contributed by atoms with E-state index in [4.69, 9.17) is 4.74 Å². The monoisotopic (exact) mass is 381 g/mol. The van der Waals surface area contributed by atoms with Gasteiger partial charge >= 0.3 is 0 Å². The molecule has 1 fully saturated rings. The van der Waals surface area contributed by atoms with Gasteiger partial charge in [0, 0.05) is 37.3 Å². The van der Waals surface area contributed by atoms with E-state index < -0.39 is 0 Å². The molecule has 1 atom stereocenters. The summed E-state index contributed by atoms with van der Waals surface area (Å²) in [6.45, 7) is 3.46. The zero-order chi connectivity index (χ0) is 20.1. The smallest absolute Gasteiger partial charge is 0.253 e. The minimum absolute atomic E-state index is 0.0770. The van der Waals surface area contributed by atoms with Gasteiger partial charge in [-0.05, 0) is 57.9 Å². The van der Waals surface area contributed by atoms with Crippen molar-refractivity contribution < 1.29 is 9.53 Å². The first-order valence-electron chi connectivity index (χ1n) is 9.88. The van der Waals surface area contributed by atoms with Gasteiger partial charge in [0.05, 0.1) is 0 Å². The van der Waals surface area contributed by atoms with E-state index in [1.807, 2.05) is 74.6 Å². The summed E-state index contributed by atoms with van der Waals surface area (Å²) < 4.78 is 6.00. The summed E-state index contributed by atoms with van der Waals surface area (Å²) in [4.78, 5) is 19.3. The van der Waals surface area contributed by atoms with Gasteiger partial charge in [-0.2, -0.15) is 0 Å². The first-order valence-corrected chi connectivity index (χ1v) is 9.88. The lowest BCUT2D eigenvalue weighted by Crippen LogP contribution is -2.38. The maximum atomic E-state index is 13.0. The molecular weight excluding hydrogens is 350 g/mol. The van der Waals surface area contributed by atoms with Crippen LogP contribution in [0.5, 0.6) is 5.75 Å². The number of benzene rings is 2. The van der Waals surface area contributed by atoms with E-state index in [9.17, 15) is 4.79 Å². The van der Waals surface area contributed by atoms with Crippen LogP contribution in [-0.4, -0.2) is 81.1 Å². The topological polar surface area (TPSA) is 36.0 Å². The minimum atomic E-state index is 0.0770. The first kappa shape index (κ1) is 20.4. The molecule has 0 spiro atoms. The highest BCUT2D eigenvalue weighted by Gasteiger charge is 2.27. The molecule has 0 aromatic heterocycles. The Kier molecular flexibility index (Phi) is 6.70. The van der Waals surface area contributed by atoms with E-state index >= 15 is 0 Å². The van der Waals surface area contributed by atoms with Gasteiger partial charge in [0.1, 0.15) is 12.4 Å². The molecular formula is C23H31N3O2. The summed E-state index contributed by atoms with van der Waals surface area (Å²) in [5.74, 6) is 0.924. The molecule has 2 aromatic rings. The van der Waals surface area contributed by atoms with Crippen molar-refractivity contribution in [3.8, 4) is 16.9 Å². The lowest BCUT2D eigenvalue weighted by Gasteiger charge is -2.24. The second kappa shape index (κ2) is 9.22. The summed E-state index contributed by atoms with van der Waals surface area (Å²) in [5, 5.41) is 0. The van der Waals surface area contributed by atoms with Crippen LogP contribution in [0.2, 0.25) is 0 Å². The third-order valence-corrected chi connectivity index (χ3v) is 5.34. The van der Waals surface area contributed by atoms with Gasteiger partial charge in [0.2, 0.25) is 0 Å². The number of para-hydroxylation sites is 1. The van der Waals surface area contributed by atoms with Gasteiger partial charge < -0.3 is 19.4 Å². The maximum Gasteiger partial charge on any atom is 0.253 e. The lowest BCUT2D eigenvalue weighted by atomic mass is 10.0.